The Labute approximate surface area is 104 Å². The molecule has 0 spiro atoms. The first kappa shape index (κ1) is 14.4. The number of amides is 1. The first-order chi connectivity index (χ1) is 7.95. The summed E-state index contributed by atoms with van der Waals surface area (Å²) >= 11 is 0. The molecule has 1 aliphatic heterocycles. The van der Waals surface area contributed by atoms with Crippen molar-refractivity contribution < 1.29 is 9.90 Å². The molecule has 1 fully saturated rings. The maximum absolute atomic E-state index is 12.1. The minimum absolute atomic E-state index is 0.0183. The maximum Gasteiger partial charge on any atom is 0.239 e. The number of β-amino-alcohol motifs (C(OH)–C–C–N with tert-alkyl or cyclic N) is 1. The predicted molar refractivity (Wildman–Crippen MR) is 67.6 cm³/mol. The molecule has 1 aliphatic rings. The lowest BCUT2D eigenvalue weighted by Gasteiger charge is -2.29. The fourth-order valence-electron chi connectivity index (χ4n) is 2.40. The Bertz CT molecular complexity index is 258. The van der Waals surface area contributed by atoms with E-state index in [9.17, 15) is 9.90 Å². The lowest BCUT2D eigenvalue weighted by molar-refractivity contribution is -0.134. The van der Waals surface area contributed by atoms with E-state index in [1.165, 1.54) is 0 Å². The van der Waals surface area contributed by atoms with Crippen LogP contribution < -0.4 is 5.73 Å². The minimum Gasteiger partial charge on any atom is -0.391 e. The van der Waals surface area contributed by atoms with E-state index in [2.05, 4.69) is 0 Å². The molecule has 0 saturated carbocycles. The van der Waals surface area contributed by atoms with Crippen LogP contribution in [0.5, 0.6) is 0 Å². The molecule has 1 amide bonds. The quantitative estimate of drug-likeness (QED) is 0.692. The predicted octanol–water partition coefficient (Wildman–Crippen LogP) is -0.363. The van der Waals surface area contributed by atoms with Crippen LogP contribution in [-0.2, 0) is 4.79 Å². The number of nitrogens with zero attached hydrogens (tertiary/aromatic N) is 2. The topological polar surface area (TPSA) is 69.8 Å². The Kier molecular flexibility index (Phi) is 5.36. The fourth-order valence-corrected chi connectivity index (χ4v) is 2.40. The molecule has 1 heterocycles. The number of hydrogen-bond donors (Lipinski definition) is 2. The number of aliphatic hydroxyl groups is 1. The highest BCUT2D eigenvalue weighted by Crippen LogP contribution is 2.19. The van der Waals surface area contributed by atoms with Gasteiger partial charge in [-0.25, -0.2) is 0 Å². The molecule has 0 bridgehead atoms. The molecule has 1 rings (SSSR count). The summed E-state index contributed by atoms with van der Waals surface area (Å²) in [5.74, 6) is -0.0183. The second-order valence-electron chi connectivity index (χ2n) is 5.19. The first-order valence-corrected chi connectivity index (χ1v) is 6.34. The third-order valence-electron chi connectivity index (χ3n) is 3.17. The van der Waals surface area contributed by atoms with E-state index < -0.39 is 12.1 Å². The number of aliphatic hydroxyl groups excluding tert-OH is 1. The normalized spacial score (nSPS) is 26.6. The average Bonchev–Trinajstić information content (AvgIpc) is 2.57. The van der Waals surface area contributed by atoms with Gasteiger partial charge in [0.1, 0.15) is 0 Å². The molecule has 0 aromatic rings. The van der Waals surface area contributed by atoms with Crippen LogP contribution in [-0.4, -0.2) is 66.2 Å². The van der Waals surface area contributed by atoms with Gasteiger partial charge < -0.3 is 20.6 Å². The van der Waals surface area contributed by atoms with E-state index in [0.717, 1.165) is 13.0 Å². The standard InChI is InChI=1S/C12H25N3O2/c1-4-5-11(13)12(17)15-8-10(16)6-9(15)7-14(2)3/h9-11,16H,4-8,13H2,1-3H3/t9?,10?,11-/m0/s1. The van der Waals surface area contributed by atoms with Crippen LogP contribution in [0.1, 0.15) is 26.2 Å². The summed E-state index contributed by atoms with van der Waals surface area (Å²) in [5.41, 5.74) is 5.86. The highest BCUT2D eigenvalue weighted by atomic mass is 16.3. The van der Waals surface area contributed by atoms with Crippen molar-refractivity contribution in [2.45, 2.75) is 44.4 Å². The van der Waals surface area contributed by atoms with Gasteiger partial charge in [-0.2, -0.15) is 0 Å². The van der Waals surface area contributed by atoms with Gasteiger partial charge in [0, 0.05) is 19.1 Å². The molecule has 3 atom stereocenters. The molecule has 5 heteroatoms. The summed E-state index contributed by atoms with van der Waals surface area (Å²) in [4.78, 5) is 15.9. The lowest BCUT2D eigenvalue weighted by atomic mass is 10.1. The molecule has 2 unspecified atom stereocenters. The highest BCUT2D eigenvalue weighted by Gasteiger charge is 2.36. The zero-order chi connectivity index (χ0) is 13.0. The monoisotopic (exact) mass is 243 g/mol. The largest absolute Gasteiger partial charge is 0.391 e. The van der Waals surface area contributed by atoms with Crippen molar-refractivity contribution in [2.75, 3.05) is 27.2 Å². The number of likely N-dealkylation sites (tertiary alicyclic amines) is 1. The van der Waals surface area contributed by atoms with Crippen molar-refractivity contribution in [1.82, 2.24) is 9.80 Å². The van der Waals surface area contributed by atoms with Crippen LogP contribution in [0.3, 0.4) is 0 Å². The number of carbonyl (C=O) groups is 1. The molecule has 0 aromatic heterocycles. The van der Waals surface area contributed by atoms with Crippen LogP contribution in [0.4, 0.5) is 0 Å². The van der Waals surface area contributed by atoms with Gasteiger partial charge in [-0.3, -0.25) is 4.79 Å². The van der Waals surface area contributed by atoms with Crippen LogP contribution in [0, 0.1) is 0 Å². The number of carbonyl (C=O) groups excluding carboxylic acids is 1. The highest BCUT2D eigenvalue weighted by molar-refractivity contribution is 5.82. The third kappa shape index (κ3) is 3.94. The number of rotatable bonds is 5. The molecule has 3 N–H and O–H groups in total. The van der Waals surface area contributed by atoms with Crippen LogP contribution in [0.2, 0.25) is 0 Å². The molecule has 5 nitrogen and oxygen atoms in total. The number of nitrogens with two attached hydrogens (primary N) is 1. The average molecular weight is 243 g/mol. The lowest BCUT2D eigenvalue weighted by Crippen LogP contribution is -2.48. The Hall–Kier alpha value is -0.650. The second-order valence-corrected chi connectivity index (χ2v) is 5.19. The van der Waals surface area contributed by atoms with E-state index in [4.69, 9.17) is 5.73 Å². The van der Waals surface area contributed by atoms with Crippen molar-refractivity contribution in [3.05, 3.63) is 0 Å². The summed E-state index contributed by atoms with van der Waals surface area (Å²) in [5, 5.41) is 9.69. The van der Waals surface area contributed by atoms with Gasteiger partial charge in [-0.15, -0.1) is 0 Å². The maximum atomic E-state index is 12.1. The Morgan fingerprint density at radius 3 is 2.76 bits per heavy atom. The van der Waals surface area contributed by atoms with Crippen molar-refractivity contribution in [3.8, 4) is 0 Å². The molecular formula is C12H25N3O2. The zero-order valence-corrected chi connectivity index (χ0v) is 11.1. The van der Waals surface area contributed by atoms with Crippen LogP contribution >= 0.6 is 0 Å². The summed E-state index contributed by atoms with van der Waals surface area (Å²) in [6.45, 7) is 3.22. The van der Waals surface area contributed by atoms with Gasteiger partial charge in [0.25, 0.3) is 0 Å². The van der Waals surface area contributed by atoms with Crippen LogP contribution in [0.25, 0.3) is 0 Å². The van der Waals surface area contributed by atoms with E-state index in [0.29, 0.717) is 19.4 Å². The summed E-state index contributed by atoms with van der Waals surface area (Å²) in [6.07, 6.45) is 1.86. The summed E-state index contributed by atoms with van der Waals surface area (Å²) < 4.78 is 0. The summed E-state index contributed by atoms with van der Waals surface area (Å²) in [7, 11) is 3.94. The van der Waals surface area contributed by atoms with E-state index in [-0.39, 0.29) is 11.9 Å². The van der Waals surface area contributed by atoms with Crippen molar-refractivity contribution in [2.24, 2.45) is 5.73 Å². The Morgan fingerprint density at radius 2 is 2.24 bits per heavy atom. The van der Waals surface area contributed by atoms with Gasteiger partial charge in [-0.05, 0) is 26.9 Å². The first-order valence-electron chi connectivity index (χ1n) is 6.34. The number of likely N-dealkylation sites (N-methyl/N-ethyl adjacent to an activating group) is 1. The second kappa shape index (κ2) is 6.33. The number of hydrogen-bond acceptors (Lipinski definition) is 4. The van der Waals surface area contributed by atoms with Gasteiger partial charge in [0.05, 0.1) is 12.1 Å². The van der Waals surface area contributed by atoms with Crippen LogP contribution in [0.15, 0.2) is 0 Å². The van der Waals surface area contributed by atoms with E-state index >= 15 is 0 Å². The van der Waals surface area contributed by atoms with E-state index in [1.54, 1.807) is 4.90 Å². The smallest absolute Gasteiger partial charge is 0.239 e. The van der Waals surface area contributed by atoms with Gasteiger partial charge in [0.2, 0.25) is 5.91 Å². The molecule has 0 aliphatic carbocycles. The van der Waals surface area contributed by atoms with Gasteiger partial charge in [0.15, 0.2) is 0 Å². The van der Waals surface area contributed by atoms with Gasteiger partial charge >= 0.3 is 0 Å². The molecule has 0 radical (unpaired) electrons. The fraction of sp³-hybridized carbons (Fsp3) is 0.917. The molecule has 100 valence electrons. The van der Waals surface area contributed by atoms with Crippen molar-refractivity contribution in [1.29, 1.82) is 0 Å². The van der Waals surface area contributed by atoms with E-state index in [1.807, 2.05) is 25.9 Å². The minimum atomic E-state index is -0.421. The van der Waals surface area contributed by atoms with Crippen molar-refractivity contribution in [3.63, 3.8) is 0 Å². The Morgan fingerprint density at radius 1 is 1.59 bits per heavy atom. The molecular weight excluding hydrogens is 218 g/mol. The van der Waals surface area contributed by atoms with Crippen molar-refractivity contribution >= 4 is 5.91 Å². The SMILES string of the molecule is CCC[C@H](N)C(=O)N1CC(O)CC1CN(C)C. The molecule has 17 heavy (non-hydrogen) atoms. The third-order valence-corrected chi connectivity index (χ3v) is 3.17. The summed E-state index contributed by atoms with van der Waals surface area (Å²) in [6, 6.07) is -0.328. The Balaban J connectivity index is 2.62. The zero-order valence-electron chi connectivity index (χ0n) is 11.1. The van der Waals surface area contributed by atoms with Gasteiger partial charge in [-0.1, -0.05) is 13.3 Å². The molecule has 1 saturated heterocycles. The molecule has 0 aromatic carbocycles.